The van der Waals surface area contributed by atoms with Crippen LogP contribution in [0.25, 0.3) is 0 Å². The Kier molecular flexibility index (Phi) is 7.36. The molecule has 6 nitrogen and oxygen atoms in total. The number of fused-ring (bicyclic) bond motifs is 1. The number of rotatable bonds is 7. The number of ketones is 1. The highest BCUT2D eigenvalue weighted by Gasteiger charge is 2.20. The highest BCUT2D eigenvalue weighted by atomic mass is 32.2. The summed E-state index contributed by atoms with van der Waals surface area (Å²) in [4.78, 5) is 27.1. The molecule has 0 radical (unpaired) electrons. The third-order valence-corrected chi connectivity index (χ3v) is 4.57. The monoisotopic (exact) mass is 391 g/mol. The largest absolute Gasteiger partial charge is 0.486 e. The zero-order valence-corrected chi connectivity index (χ0v) is 17.1. The highest BCUT2D eigenvalue weighted by Crippen LogP contribution is 2.33. The lowest BCUT2D eigenvalue weighted by molar-refractivity contribution is -0.140. The normalized spacial score (nSPS) is 16.7. The van der Waals surface area contributed by atoms with Crippen LogP contribution < -0.4 is 9.47 Å². The van der Waals surface area contributed by atoms with E-state index >= 15 is 0 Å². The molecular formula is C20H25NO5S. The molecule has 1 aromatic carbocycles. The van der Waals surface area contributed by atoms with Crippen LogP contribution in [0.3, 0.4) is 0 Å². The summed E-state index contributed by atoms with van der Waals surface area (Å²) in [6.07, 6.45) is 4.99. The number of allylic oxidation sites excluding steroid dienone is 3. The average Bonchev–Trinajstić information content (AvgIpc) is 2.64. The Balaban J connectivity index is 2.29. The van der Waals surface area contributed by atoms with Crippen LogP contribution >= 0.6 is 11.8 Å². The molecule has 2 rings (SSSR count). The number of hydrogen-bond acceptors (Lipinski definition) is 7. The van der Waals surface area contributed by atoms with Crippen molar-refractivity contribution in [3.63, 3.8) is 0 Å². The van der Waals surface area contributed by atoms with Crippen molar-refractivity contribution in [2.75, 3.05) is 33.6 Å². The lowest BCUT2D eigenvalue weighted by Gasteiger charge is -2.24. The van der Waals surface area contributed by atoms with Crippen molar-refractivity contribution in [3.8, 4) is 11.5 Å². The van der Waals surface area contributed by atoms with Crippen molar-refractivity contribution in [3.05, 3.63) is 46.5 Å². The highest BCUT2D eigenvalue weighted by molar-refractivity contribution is 8.03. The van der Waals surface area contributed by atoms with Gasteiger partial charge in [-0.2, -0.15) is 0 Å². The van der Waals surface area contributed by atoms with Gasteiger partial charge in [0.25, 0.3) is 0 Å². The van der Waals surface area contributed by atoms with Crippen molar-refractivity contribution in [1.82, 2.24) is 4.90 Å². The first-order valence-corrected chi connectivity index (χ1v) is 9.88. The Hall–Kier alpha value is -2.41. The number of likely N-dealkylation sites (N-methyl/N-ethyl adjacent to an activating group) is 1. The lowest BCUT2D eigenvalue weighted by Crippen LogP contribution is -2.25. The van der Waals surface area contributed by atoms with E-state index in [2.05, 4.69) is 0 Å². The summed E-state index contributed by atoms with van der Waals surface area (Å²) >= 11 is 1.31. The van der Waals surface area contributed by atoms with Gasteiger partial charge < -0.3 is 19.1 Å². The summed E-state index contributed by atoms with van der Waals surface area (Å²) < 4.78 is 16.4. The maximum absolute atomic E-state index is 12.9. The van der Waals surface area contributed by atoms with Gasteiger partial charge in [-0.25, -0.2) is 4.79 Å². The molecule has 1 aromatic rings. The fourth-order valence-corrected chi connectivity index (χ4v) is 2.96. The van der Waals surface area contributed by atoms with Gasteiger partial charge in [-0.3, -0.25) is 4.79 Å². The minimum Gasteiger partial charge on any atom is -0.486 e. The Morgan fingerprint density at radius 1 is 1.30 bits per heavy atom. The number of carbonyl (C=O) groups excluding carboxylic acids is 2. The maximum atomic E-state index is 12.9. The molecule has 1 atom stereocenters. The standard InChI is InChI=1S/C20H25NO5S/c1-6-24-20(23)15(21(3)4)8-10-18(27-5)19(22)14-7-9-16-17(11-14)26-13(2)12-25-16/h7-11,13H,6,12H2,1-5H3. The van der Waals surface area contributed by atoms with Gasteiger partial charge in [-0.1, -0.05) is 0 Å². The average molecular weight is 391 g/mol. The molecule has 146 valence electrons. The van der Waals surface area contributed by atoms with Crippen LogP contribution in [0.1, 0.15) is 24.2 Å². The molecule has 0 saturated carbocycles. The van der Waals surface area contributed by atoms with E-state index in [9.17, 15) is 9.59 Å². The van der Waals surface area contributed by atoms with Gasteiger partial charge in [0.2, 0.25) is 0 Å². The summed E-state index contributed by atoms with van der Waals surface area (Å²) in [6.45, 7) is 4.44. The molecular weight excluding hydrogens is 366 g/mol. The predicted octanol–water partition coefficient (Wildman–Crippen LogP) is 3.28. The SMILES string of the molecule is CCOC(=O)C(=CC=C(SC)C(=O)c1ccc2c(c1)OC(C)CO2)N(C)C. The van der Waals surface area contributed by atoms with E-state index in [0.717, 1.165) is 0 Å². The van der Waals surface area contributed by atoms with Gasteiger partial charge in [0.15, 0.2) is 17.3 Å². The molecule has 27 heavy (non-hydrogen) atoms. The van der Waals surface area contributed by atoms with E-state index < -0.39 is 5.97 Å². The second-order valence-electron chi connectivity index (χ2n) is 6.13. The van der Waals surface area contributed by atoms with Gasteiger partial charge in [-0.15, -0.1) is 11.8 Å². The minimum absolute atomic E-state index is 0.0615. The maximum Gasteiger partial charge on any atom is 0.354 e. The molecule has 0 aromatic heterocycles. The molecule has 1 unspecified atom stereocenters. The van der Waals surface area contributed by atoms with Crippen LogP contribution in [0, 0.1) is 0 Å². The molecule has 0 amide bonds. The van der Waals surface area contributed by atoms with Crippen molar-refractivity contribution >= 4 is 23.5 Å². The number of nitrogens with zero attached hydrogens (tertiary/aromatic N) is 1. The van der Waals surface area contributed by atoms with Gasteiger partial charge in [0.1, 0.15) is 18.4 Å². The van der Waals surface area contributed by atoms with E-state index in [4.69, 9.17) is 14.2 Å². The molecule has 0 N–H and O–H groups in total. The topological polar surface area (TPSA) is 65.1 Å². The zero-order chi connectivity index (χ0) is 20.0. The molecule has 0 fully saturated rings. The Bertz CT molecular complexity index is 770. The van der Waals surface area contributed by atoms with Gasteiger partial charge >= 0.3 is 5.97 Å². The number of thioether (sulfide) groups is 1. The summed E-state index contributed by atoms with van der Waals surface area (Å²) in [6, 6.07) is 5.15. The molecule has 0 aliphatic carbocycles. The van der Waals surface area contributed by atoms with E-state index in [1.165, 1.54) is 11.8 Å². The van der Waals surface area contributed by atoms with Gasteiger partial charge in [0.05, 0.1) is 11.5 Å². The molecule has 0 bridgehead atoms. The van der Waals surface area contributed by atoms with E-state index in [0.29, 0.717) is 34.3 Å². The fraction of sp³-hybridized carbons (Fsp3) is 0.400. The number of esters is 1. The second-order valence-corrected chi connectivity index (χ2v) is 6.98. The van der Waals surface area contributed by atoms with Crippen LogP contribution in [0.4, 0.5) is 0 Å². The molecule has 1 heterocycles. The quantitative estimate of drug-likeness (QED) is 0.306. The summed E-state index contributed by atoms with van der Waals surface area (Å²) in [7, 11) is 3.50. The van der Waals surface area contributed by atoms with Gasteiger partial charge in [0, 0.05) is 19.7 Å². The summed E-state index contributed by atoms with van der Waals surface area (Å²) in [5, 5.41) is 0. The predicted molar refractivity (Wildman–Crippen MR) is 106 cm³/mol. The molecule has 7 heteroatoms. The van der Waals surface area contributed by atoms with Crippen LogP contribution in [-0.4, -0.2) is 56.3 Å². The van der Waals surface area contributed by atoms with E-state index in [1.54, 1.807) is 56.3 Å². The lowest BCUT2D eigenvalue weighted by atomic mass is 10.1. The second kappa shape index (κ2) is 9.50. The fourth-order valence-electron chi connectivity index (χ4n) is 2.46. The van der Waals surface area contributed by atoms with Crippen molar-refractivity contribution in [2.24, 2.45) is 0 Å². The van der Waals surface area contributed by atoms with Gasteiger partial charge in [-0.05, 0) is 50.5 Å². The number of ether oxygens (including phenoxy) is 3. The Morgan fingerprint density at radius 3 is 2.67 bits per heavy atom. The Labute approximate surface area is 164 Å². The van der Waals surface area contributed by atoms with Crippen molar-refractivity contribution in [2.45, 2.75) is 20.0 Å². The number of carbonyl (C=O) groups is 2. The molecule has 1 aliphatic heterocycles. The summed E-state index contributed by atoms with van der Waals surface area (Å²) in [5.41, 5.74) is 0.871. The van der Waals surface area contributed by atoms with Crippen LogP contribution in [0.2, 0.25) is 0 Å². The first kappa shape index (κ1) is 20.9. The molecule has 0 spiro atoms. The van der Waals surface area contributed by atoms with Crippen LogP contribution in [0.15, 0.2) is 41.0 Å². The van der Waals surface area contributed by atoms with Crippen LogP contribution in [-0.2, 0) is 9.53 Å². The Morgan fingerprint density at radius 2 is 2.04 bits per heavy atom. The van der Waals surface area contributed by atoms with E-state index in [1.807, 2.05) is 13.2 Å². The summed E-state index contributed by atoms with van der Waals surface area (Å²) in [5.74, 6) is 0.623. The van der Waals surface area contributed by atoms with Crippen molar-refractivity contribution in [1.29, 1.82) is 0 Å². The number of hydrogen-bond donors (Lipinski definition) is 0. The number of benzene rings is 1. The van der Waals surface area contributed by atoms with Crippen LogP contribution in [0.5, 0.6) is 11.5 Å². The third kappa shape index (κ3) is 5.29. The third-order valence-electron chi connectivity index (χ3n) is 3.81. The molecule has 0 saturated heterocycles. The van der Waals surface area contributed by atoms with E-state index in [-0.39, 0.29) is 18.5 Å². The van der Waals surface area contributed by atoms with Crippen molar-refractivity contribution < 1.29 is 23.8 Å². The smallest absolute Gasteiger partial charge is 0.354 e. The first-order valence-electron chi connectivity index (χ1n) is 8.66. The zero-order valence-electron chi connectivity index (χ0n) is 16.3. The number of Topliss-reactive ketones (excluding diaryl/α,β-unsaturated/α-hetero) is 1. The minimum atomic E-state index is -0.431. The molecule has 1 aliphatic rings. The first-order chi connectivity index (χ1) is 12.9.